The number of aromatic nitrogens is 4. The van der Waals surface area contributed by atoms with Gasteiger partial charge in [0, 0.05) is 42.9 Å². The Kier molecular flexibility index (Phi) is 5.46. The molecule has 1 aliphatic heterocycles. The smallest absolute Gasteiger partial charge is 0.253 e. The molecule has 5 aromatic rings. The Morgan fingerprint density at radius 2 is 1.69 bits per heavy atom. The van der Waals surface area contributed by atoms with E-state index >= 15 is 0 Å². The normalized spacial score (nSPS) is 14.0. The van der Waals surface area contributed by atoms with Crippen LogP contribution in [0.1, 0.15) is 15.9 Å². The van der Waals surface area contributed by atoms with Gasteiger partial charge in [0.2, 0.25) is 11.8 Å². The quantitative estimate of drug-likeness (QED) is 0.367. The van der Waals surface area contributed by atoms with Gasteiger partial charge in [-0.3, -0.25) is 4.79 Å². The molecule has 0 atom stereocenters. The molecule has 8 nitrogen and oxygen atoms in total. The predicted molar refractivity (Wildman–Crippen MR) is 135 cm³/mol. The Bertz CT molecular complexity index is 1500. The van der Waals surface area contributed by atoms with Crippen LogP contribution in [0.25, 0.3) is 33.1 Å². The first-order chi connectivity index (χ1) is 17.2. The van der Waals surface area contributed by atoms with Crippen LogP contribution in [0.4, 0.5) is 5.82 Å². The van der Waals surface area contributed by atoms with Crippen molar-refractivity contribution in [3.63, 3.8) is 0 Å². The fraction of sp³-hybridized carbons (Fsp3) is 0.192. The fourth-order valence-electron chi connectivity index (χ4n) is 4.32. The number of carbonyl (C=O) groups is 1. The number of aryl methyl sites for hydroxylation is 1. The van der Waals surface area contributed by atoms with Crippen molar-refractivity contribution in [2.24, 2.45) is 0 Å². The summed E-state index contributed by atoms with van der Waals surface area (Å²) in [5.41, 5.74) is 3.43. The highest BCUT2D eigenvalue weighted by Gasteiger charge is 2.24. The Morgan fingerprint density at radius 1 is 0.914 bits per heavy atom. The van der Waals surface area contributed by atoms with E-state index in [9.17, 15) is 4.79 Å². The van der Waals surface area contributed by atoms with Gasteiger partial charge in [0.1, 0.15) is 17.0 Å². The summed E-state index contributed by atoms with van der Waals surface area (Å²) < 4.78 is 5.87. The number of carbonyl (C=O) groups excluding carboxylic acids is 1. The minimum atomic E-state index is 0.0190. The zero-order chi connectivity index (χ0) is 23.8. The Morgan fingerprint density at radius 3 is 2.46 bits per heavy atom. The molecule has 0 unspecified atom stereocenters. The molecule has 0 aliphatic carbocycles. The number of hydrogen-bond donors (Lipinski definition) is 0. The lowest BCUT2D eigenvalue weighted by molar-refractivity contribution is 0.0746. The molecule has 0 saturated carbocycles. The van der Waals surface area contributed by atoms with Crippen LogP contribution in [0.5, 0.6) is 0 Å². The summed E-state index contributed by atoms with van der Waals surface area (Å²) in [7, 11) is 0. The van der Waals surface area contributed by atoms with Gasteiger partial charge in [0.05, 0.1) is 5.39 Å². The average Bonchev–Trinajstić information content (AvgIpc) is 3.59. The number of benzene rings is 2. The first-order valence-corrected chi connectivity index (χ1v) is 12.3. The molecular formula is C26H22N6O2S. The Balaban J connectivity index is 1.13. The van der Waals surface area contributed by atoms with Crippen LogP contribution < -0.4 is 4.90 Å². The van der Waals surface area contributed by atoms with Crippen molar-refractivity contribution in [3.8, 4) is 22.9 Å². The third-order valence-electron chi connectivity index (χ3n) is 6.18. The molecule has 0 bridgehead atoms. The summed E-state index contributed by atoms with van der Waals surface area (Å²) in [6.07, 6.45) is 1.61. The average molecular weight is 483 g/mol. The number of piperazine rings is 1. The maximum absolute atomic E-state index is 13.1. The van der Waals surface area contributed by atoms with E-state index in [-0.39, 0.29) is 5.91 Å². The lowest BCUT2D eigenvalue weighted by atomic mass is 10.1. The third-order valence-corrected chi connectivity index (χ3v) is 7.00. The lowest BCUT2D eigenvalue weighted by Crippen LogP contribution is -2.49. The van der Waals surface area contributed by atoms with E-state index in [4.69, 9.17) is 4.42 Å². The summed E-state index contributed by atoms with van der Waals surface area (Å²) in [4.78, 5) is 27.0. The van der Waals surface area contributed by atoms with E-state index in [0.717, 1.165) is 45.8 Å². The van der Waals surface area contributed by atoms with Crippen molar-refractivity contribution in [2.75, 3.05) is 31.1 Å². The molecule has 0 spiro atoms. The van der Waals surface area contributed by atoms with Gasteiger partial charge in [0.25, 0.3) is 5.91 Å². The SMILES string of the molecule is Cc1cccc(-c2nnc(-c3ccc(C(=O)N4CCN(c5ncnc6sccc56)CC4)cc3)o2)c1. The second-order valence-electron chi connectivity index (χ2n) is 8.48. The number of rotatable bonds is 4. The number of amides is 1. The van der Waals surface area contributed by atoms with E-state index < -0.39 is 0 Å². The highest BCUT2D eigenvalue weighted by molar-refractivity contribution is 7.16. The van der Waals surface area contributed by atoms with Crippen LogP contribution in [-0.2, 0) is 0 Å². The van der Waals surface area contributed by atoms with Crippen molar-refractivity contribution in [2.45, 2.75) is 6.92 Å². The lowest BCUT2D eigenvalue weighted by Gasteiger charge is -2.35. The molecule has 3 aromatic heterocycles. The van der Waals surface area contributed by atoms with Crippen molar-refractivity contribution >= 4 is 33.3 Å². The van der Waals surface area contributed by atoms with E-state index in [1.165, 1.54) is 0 Å². The summed E-state index contributed by atoms with van der Waals surface area (Å²) in [5, 5.41) is 11.5. The van der Waals surface area contributed by atoms with E-state index in [1.54, 1.807) is 17.7 Å². The molecule has 0 N–H and O–H groups in total. The summed E-state index contributed by atoms with van der Waals surface area (Å²) in [5.74, 6) is 1.87. The zero-order valence-electron chi connectivity index (χ0n) is 19.1. The molecule has 1 amide bonds. The van der Waals surface area contributed by atoms with Crippen molar-refractivity contribution in [1.29, 1.82) is 0 Å². The number of anilines is 1. The van der Waals surface area contributed by atoms with E-state index in [2.05, 4.69) is 31.1 Å². The second-order valence-corrected chi connectivity index (χ2v) is 9.37. The van der Waals surface area contributed by atoms with Gasteiger partial charge in [-0.25, -0.2) is 9.97 Å². The Labute approximate surface area is 205 Å². The molecule has 35 heavy (non-hydrogen) atoms. The van der Waals surface area contributed by atoms with Gasteiger partial charge in [-0.1, -0.05) is 17.7 Å². The first kappa shape index (κ1) is 21.4. The monoisotopic (exact) mass is 482 g/mol. The van der Waals surface area contributed by atoms with E-state index in [1.807, 2.05) is 65.7 Å². The minimum absolute atomic E-state index is 0.0190. The maximum Gasteiger partial charge on any atom is 0.253 e. The molecule has 1 saturated heterocycles. The van der Waals surface area contributed by atoms with Gasteiger partial charge >= 0.3 is 0 Å². The maximum atomic E-state index is 13.1. The molecule has 4 heterocycles. The number of thiophene rings is 1. The molecule has 174 valence electrons. The molecule has 0 radical (unpaired) electrons. The van der Waals surface area contributed by atoms with Gasteiger partial charge in [-0.15, -0.1) is 21.5 Å². The van der Waals surface area contributed by atoms with Gasteiger partial charge in [0.15, 0.2) is 0 Å². The summed E-state index contributed by atoms with van der Waals surface area (Å²) in [6, 6.07) is 17.3. The first-order valence-electron chi connectivity index (χ1n) is 11.4. The van der Waals surface area contributed by atoms with Gasteiger partial charge in [-0.2, -0.15) is 0 Å². The van der Waals surface area contributed by atoms with Crippen LogP contribution in [0, 0.1) is 6.92 Å². The minimum Gasteiger partial charge on any atom is -0.416 e. The standard InChI is InChI=1S/C26H22N6O2S/c1-17-3-2-4-20(15-17)24-30-29-23(34-24)18-5-7-19(8-6-18)26(33)32-12-10-31(11-13-32)22-21-9-14-35-25(21)28-16-27-22/h2-9,14-16H,10-13H2,1H3. The molecular weight excluding hydrogens is 460 g/mol. The highest BCUT2D eigenvalue weighted by atomic mass is 32.1. The van der Waals surface area contributed by atoms with Crippen LogP contribution in [0.3, 0.4) is 0 Å². The predicted octanol–water partition coefficient (Wildman–Crippen LogP) is 4.68. The molecule has 9 heteroatoms. The van der Waals surface area contributed by atoms with Crippen molar-refractivity contribution in [3.05, 3.63) is 77.4 Å². The van der Waals surface area contributed by atoms with E-state index in [0.29, 0.717) is 30.4 Å². The molecule has 1 fully saturated rings. The molecule has 1 aliphatic rings. The number of nitrogens with zero attached hydrogens (tertiary/aromatic N) is 6. The number of fused-ring (bicyclic) bond motifs is 1. The Hall–Kier alpha value is -4.11. The number of hydrogen-bond acceptors (Lipinski definition) is 8. The molecule has 2 aromatic carbocycles. The van der Waals surface area contributed by atoms with Crippen LogP contribution >= 0.6 is 11.3 Å². The summed E-state index contributed by atoms with van der Waals surface area (Å²) in [6.45, 7) is 4.76. The zero-order valence-corrected chi connectivity index (χ0v) is 19.9. The van der Waals surface area contributed by atoms with Gasteiger partial charge in [-0.05, 0) is 54.8 Å². The van der Waals surface area contributed by atoms with Crippen LogP contribution in [0.2, 0.25) is 0 Å². The van der Waals surface area contributed by atoms with Gasteiger partial charge < -0.3 is 14.2 Å². The van der Waals surface area contributed by atoms with Crippen LogP contribution in [0.15, 0.2) is 70.7 Å². The fourth-order valence-corrected chi connectivity index (χ4v) is 5.05. The highest BCUT2D eigenvalue weighted by Crippen LogP contribution is 2.28. The van der Waals surface area contributed by atoms with Crippen molar-refractivity contribution in [1.82, 2.24) is 25.1 Å². The largest absolute Gasteiger partial charge is 0.416 e. The second kappa shape index (κ2) is 8.92. The molecule has 6 rings (SSSR count). The van der Waals surface area contributed by atoms with Crippen LogP contribution in [-0.4, -0.2) is 57.2 Å². The third kappa shape index (κ3) is 4.15. The summed E-state index contributed by atoms with van der Waals surface area (Å²) >= 11 is 1.61. The van der Waals surface area contributed by atoms with Crippen molar-refractivity contribution < 1.29 is 9.21 Å². The topological polar surface area (TPSA) is 88.3 Å².